The summed E-state index contributed by atoms with van der Waals surface area (Å²) in [6.07, 6.45) is 4.61. The van der Waals surface area contributed by atoms with E-state index >= 15 is 0 Å². The average Bonchev–Trinajstić information content (AvgIpc) is 2.96. The maximum atomic E-state index is 12.4. The fourth-order valence-corrected chi connectivity index (χ4v) is 3.56. The zero-order valence-electron chi connectivity index (χ0n) is 11.9. The summed E-state index contributed by atoms with van der Waals surface area (Å²) in [7, 11) is 0. The van der Waals surface area contributed by atoms with E-state index in [-0.39, 0.29) is 23.0 Å². The van der Waals surface area contributed by atoms with Gasteiger partial charge >= 0.3 is 0 Å². The van der Waals surface area contributed by atoms with E-state index in [1.54, 1.807) is 18.3 Å². The van der Waals surface area contributed by atoms with E-state index in [2.05, 4.69) is 10.3 Å². The summed E-state index contributed by atoms with van der Waals surface area (Å²) in [5, 5.41) is 4.08. The van der Waals surface area contributed by atoms with Crippen LogP contribution in [-0.4, -0.2) is 16.9 Å². The third kappa shape index (κ3) is 3.11. The van der Waals surface area contributed by atoms with Gasteiger partial charge in [0.25, 0.3) is 5.91 Å². The van der Waals surface area contributed by atoms with Gasteiger partial charge in [-0.25, -0.2) is 4.98 Å². The standard InChI is InChI=1S/C17H16Cl2N2O/c18-14-8-2-1-5-11(14)12-6-3-9-15(12)21-17(22)13-7-4-10-20-16(13)19/h1-2,4-5,7-8,10,12,15H,3,6,9H2,(H,21,22)/t12-,15+/m0/s1. The second-order valence-corrected chi connectivity index (χ2v) is 6.25. The molecule has 0 spiro atoms. The van der Waals surface area contributed by atoms with Crippen LogP contribution in [0.5, 0.6) is 0 Å². The molecule has 114 valence electrons. The molecular weight excluding hydrogens is 319 g/mol. The van der Waals surface area contributed by atoms with Crippen LogP contribution in [0.3, 0.4) is 0 Å². The van der Waals surface area contributed by atoms with Crippen LogP contribution in [0.15, 0.2) is 42.6 Å². The number of halogens is 2. The lowest BCUT2D eigenvalue weighted by atomic mass is 9.94. The van der Waals surface area contributed by atoms with Crippen LogP contribution in [0.25, 0.3) is 0 Å². The summed E-state index contributed by atoms with van der Waals surface area (Å²) < 4.78 is 0. The number of benzene rings is 1. The van der Waals surface area contributed by atoms with Crippen molar-refractivity contribution >= 4 is 29.1 Å². The molecule has 1 aromatic heterocycles. The first-order chi connectivity index (χ1) is 10.7. The van der Waals surface area contributed by atoms with Gasteiger partial charge < -0.3 is 5.32 Å². The number of carbonyl (C=O) groups is 1. The highest BCUT2D eigenvalue weighted by atomic mass is 35.5. The molecule has 1 aliphatic rings. The van der Waals surface area contributed by atoms with Crippen molar-refractivity contribution in [3.63, 3.8) is 0 Å². The van der Waals surface area contributed by atoms with Crippen molar-refractivity contribution in [2.75, 3.05) is 0 Å². The Morgan fingerprint density at radius 2 is 1.95 bits per heavy atom. The highest BCUT2D eigenvalue weighted by Gasteiger charge is 2.31. The van der Waals surface area contributed by atoms with Gasteiger partial charge in [0, 0.05) is 23.2 Å². The minimum atomic E-state index is -0.179. The van der Waals surface area contributed by atoms with Crippen molar-refractivity contribution in [3.8, 4) is 0 Å². The topological polar surface area (TPSA) is 42.0 Å². The number of pyridine rings is 1. The highest BCUT2D eigenvalue weighted by Crippen LogP contribution is 2.38. The maximum absolute atomic E-state index is 12.4. The minimum absolute atomic E-state index is 0.0728. The number of nitrogens with zero attached hydrogens (tertiary/aromatic N) is 1. The molecule has 2 atom stereocenters. The molecule has 1 amide bonds. The summed E-state index contributed by atoms with van der Waals surface area (Å²) >= 11 is 12.3. The third-order valence-electron chi connectivity index (χ3n) is 4.14. The van der Waals surface area contributed by atoms with Crippen molar-refractivity contribution < 1.29 is 4.79 Å². The molecule has 3 nitrogen and oxygen atoms in total. The van der Waals surface area contributed by atoms with Gasteiger partial charge in [-0.15, -0.1) is 0 Å². The van der Waals surface area contributed by atoms with E-state index in [1.165, 1.54) is 0 Å². The number of aromatic nitrogens is 1. The molecule has 22 heavy (non-hydrogen) atoms. The Hall–Kier alpha value is -1.58. The zero-order chi connectivity index (χ0) is 15.5. The van der Waals surface area contributed by atoms with Crippen molar-refractivity contribution in [2.24, 2.45) is 0 Å². The summed E-state index contributed by atoms with van der Waals surface area (Å²) in [4.78, 5) is 16.4. The predicted octanol–water partition coefficient (Wildman–Crippen LogP) is 4.45. The number of hydrogen-bond donors (Lipinski definition) is 1. The second kappa shape index (κ2) is 6.67. The van der Waals surface area contributed by atoms with Gasteiger partial charge in [0.15, 0.2) is 0 Å². The Balaban J connectivity index is 1.79. The van der Waals surface area contributed by atoms with Gasteiger partial charge in [0.05, 0.1) is 5.56 Å². The lowest BCUT2D eigenvalue weighted by molar-refractivity contribution is 0.0934. The number of rotatable bonds is 3. The normalized spacial score (nSPS) is 20.8. The molecule has 5 heteroatoms. The molecule has 0 unspecified atom stereocenters. The van der Waals surface area contributed by atoms with Gasteiger partial charge in [-0.3, -0.25) is 4.79 Å². The fourth-order valence-electron chi connectivity index (χ4n) is 3.08. The second-order valence-electron chi connectivity index (χ2n) is 5.48. The van der Waals surface area contributed by atoms with Crippen LogP contribution < -0.4 is 5.32 Å². The molecule has 0 aliphatic heterocycles. The molecule has 0 bridgehead atoms. The first kappa shape index (κ1) is 15.3. The molecule has 3 rings (SSSR count). The van der Waals surface area contributed by atoms with E-state index < -0.39 is 0 Å². The lowest BCUT2D eigenvalue weighted by Crippen LogP contribution is -2.36. The molecule has 1 N–H and O–H groups in total. The van der Waals surface area contributed by atoms with Gasteiger partial charge in [-0.2, -0.15) is 0 Å². The van der Waals surface area contributed by atoms with E-state index in [9.17, 15) is 4.79 Å². The van der Waals surface area contributed by atoms with Crippen LogP contribution in [0.2, 0.25) is 10.2 Å². The Kier molecular flexibility index (Phi) is 4.65. The molecule has 1 fully saturated rings. The van der Waals surface area contributed by atoms with Crippen LogP contribution in [0.4, 0.5) is 0 Å². The van der Waals surface area contributed by atoms with Crippen molar-refractivity contribution in [1.82, 2.24) is 10.3 Å². The number of hydrogen-bond acceptors (Lipinski definition) is 2. The van der Waals surface area contributed by atoms with Crippen LogP contribution in [-0.2, 0) is 0 Å². The number of carbonyl (C=O) groups excluding carboxylic acids is 1. The molecular formula is C17H16Cl2N2O. The van der Waals surface area contributed by atoms with Crippen molar-refractivity contribution in [2.45, 2.75) is 31.2 Å². The number of nitrogens with one attached hydrogen (secondary N) is 1. The van der Waals surface area contributed by atoms with Crippen molar-refractivity contribution in [1.29, 1.82) is 0 Å². The van der Waals surface area contributed by atoms with Gasteiger partial charge in [0.1, 0.15) is 5.15 Å². The fraction of sp³-hybridized carbons (Fsp3) is 0.294. The van der Waals surface area contributed by atoms with Gasteiger partial charge in [0.2, 0.25) is 0 Å². The first-order valence-electron chi connectivity index (χ1n) is 7.32. The molecule has 0 saturated heterocycles. The summed E-state index contributed by atoms with van der Waals surface area (Å²) in [6.45, 7) is 0. The van der Waals surface area contributed by atoms with E-state index in [0.717, 1.165) is 29.8 Å². The molecule has 1 heterocycles. The Labute approximate surface area is 139 Å². The monoisotopic (exact) mass is 334 g/mol. The van der Waals surface area contributed by atoms with Crippen LogP contribution >= 0.6 is 23.2 Å². The predicted molar refractivity (Wildman–Crippen MR) is 88.5 cm³/mol. The molecule has 2 aromatic rings. The average molecular weight is 335 g/mol. The highest BCUT2D eigenvalue weighted by molar-refractivity contribution is 6.32. The Bertz CT molecular complexity index is 690. The third-order valence-corrected chi connectivity index (χ3v) is 4.79. The quantitative estimate of drug-likeness (QED) is 0.842. The first-order valence-corrected chi connectivity index (χ1v) is 8.08. The summed E-state index contributed by atoms with van der Waals surface area (Å²) in [6, 6.07) is 11.3. The lowest BCUT2D eigenvalue weighted by Gasteiger charge is -2.22. The number of amides is 1. The molecule has 1 aliphatic carbocycles. The van der Waals surface area contributed by atoms with Crippen LogP contribution in [0.1, 0.15) is 41.1 Å². The SMILES string of the molecule is O=C(N[C@@H]1CCC[C@H]1c1ccccc1Cl)c1cccnc1Cl. The van der Waals surface area contributed by atoms with Crippen molar-refractivity contribution in [3.05, 3.63) is 63.9 Å². The minimum Gasteiger partial charge on any atom is -0.349 e. The van der Waals surface area contributed by atoms with E-state index in [4.69, 9.17) is 23.2 Å². The molecule has 0 radical (unpaired) electrons. The smallest absolute Gasteiger partial charge is 0.254 e. The zero-order valence-corrected chi connectivity index (χ0v) is 13.4. The molecule has 1 aromatic carbocycles. The Morgan fingerprint density at radius 1 is 1.14 bits per heavy atom. The molecule has 1 saturated carbocycles. The summed E-state index contributed by atoms with van der Waals surface area (Å²) in [5.74, 6) is 0.0650. The maximum Gasteiger partial charge on any atom is 0.254 e. The summed E-state index contributed by atoms with van der Waals surface area (Å²) in [5.41, 5.74) is 1.51. The van der Waals surface area contributed by atoms with Crippen LogP contribution in [0, 0.1) is 0 Å². The van der Waals surface area contributed by atoms with Gasteiger partial charge in [-0.05, 0) is 36.6 Å². The van der Waals surface area contributed by atoms with Gasteiger partial charge in [-0.1, -0.05) is 47.8 Å². The van der Waals surface area contributed by atoms with E-state index in [0.29, 0.717) is 5.56 Å². The van der Waals surface area contributed by atoms with E-state index in [1.807, 2.05) is 24.3 Å². The Morgan fingerprint density at radius 3 is 2.73 bits per heavy atom. The largest absolute Gasteiger partial charge is 0.349 e.